The zero-order chi connectivity index (χ0) is 16.7. The zero-order valence-electron chi connectivity index (χ0n) is 14.8. The van der Waals surface area contributed by atoms with Crippen molar-refractivity contribution in [1.29, 1.82) is 0 Å². The normalized spacial score (nSPS) is 25.8. The minimum atomic E-state index is -0.0779. The van der Waals surface area contributed by atoms with E-state index in [9.17, 15) is 4.79 Å². The van der Waals surface area contributed by atoms with Gasteiger partial charge in [0.1, 0.15) is 5.82 Å². The summed E-state index contributed by atoms with van der Waals surface area (Å²) in [7, 11) is 0. The topological polar surface area (TPSA) is 51.0 Å². The number of carbonyl (C=O) groups excluding carboxylic acids is 1. The molecule has 1 aliphatic heterocycles. The average molecular weight is 349 g/mol. The Labute approximate surface area is 148 Å². The van der Waals surface area contributed by atoms with Gasteiger partial charge in [-0.05, 0) is 58.3 Å². The molecule has 1 aromatic heterocycles. The Balaban J connectivity index is 1.47. The minimum absolute atomic E-state index is 0.0779. The molecule has 132 valence electrons. The quantitative estimate of drug-likeness (QED) is 0.735. The van der Waals surface area contributed by atoms with Gasteiger partial charge in [-0.3, -0.25) is 4.79 Å². The van der Waals surface area contributed by atoms with Crippen LogP contribution in [0.5, 0.6) is 0 Å². The highest BCUT2D eigenvalue weighted by atomic mass is 32.2. The maximum atomic E-state index is 13.0. The van der Waals surface area contributed by atoms with Crippen LogP contribution in [0.4, 0.5) is 0 Å². The van der Waals surface area contributed by atoms with Crippen LogP contribution in [-0.4, -0.2) is 43.4 Å². The molecule has 4 rings (SSSR count). The number of likely N-dealkylation sites (tertiary alicyclic amines) is 1. The first-order valence-electron chi connectivity index (χ1n) is 9.61. The van der Waals surface area contributed by atoms with Crippen molar-refractivity contribution in [2.45, 2.75) is 93.6 Å². The molecule has 2 heterocycles. The monoisotopic (exact) mass is 348 g/mol. The fourth-order valence-corrected chi connectivity index (χ4v) is 4.82. The first kappa shape index (κ1) is 16.4. The lowest BCUT2D eigenvalue weighted by molar-refractivity contribution is -0.134. The second-order valence-electron chi connectivity index (χ2n) is 7.57. The van der Waals surface area contributed by atoms with E-state index < -0.39 is 0 Å². The lowest BCUT2D eigenvalue weighted by atomic mass is 10.00. The van der Waals surface area contributed by atoms with Crippen LogP contribution in [0.2, 0.25) is 0 Å². The molecule has 1 aromatic rings. The third-order valence-electron chi connectivity index (χ3n) is 5.56. The highest BCUT2D eigenvalue weighted by molar-refractivity contribution is 8.00. The molecule has 6 heteroatoms. The van der Waals surface area contributed by atoms with Crippen LogP contribution in [0.25, 0.3) is 0 Å². The van der Waals surface area contributed by atoms with Gasteiger partial charge in [-0.1, -0.05) is 18.7 Å². The summed E-state index contributed by atoms with van der Waals surface area (Å²) in [4.78, 5) is 15.1. The van der Waals surface area contributed by atoms with Crippen molar-refractivity contribution in [3.05, 3.63) is 5.82 Å². The Hall–Kier alpha value is -1.04. The van der Waals surface area contributed by atoms with Crippen LogP contribution in [0, 0.1) is 0 Å². The summed E-state index contributed by atoms with van der Waals surface area (Å²) in [6, 6.07) is 1.01. The Morgan fingerprint density at radius 3 is 2.67 bits per heavy atom. The molecule has 24 heavy (non-hydrogen) atoms. The molecule has 2 unspecified atom stereocenters. The van der Waals surface area contributed by atoms with Crippen molar-refractivity contribution in [2.75, 3.05) is 6.54 Å². The van der Waals surface area contributed by atoms with Gasteiger partial charge in [-0.2, -0.15) is 0 Å². The number of hydrogen-bond acceptors (Lipinski definition) is 4. The van der Waals surface area contributed by atoms with Gasteiger partial charge < -0.3 is 9.47 Å². The van der Waals surface area contributed by atoms with Gasteiger partial charge in [0, 0.05) is 24.5 Å². The lowest BCUT2D eigenvalue weighted by Crippen LogP contribution is -2.46. The predicted molar refractivity (Wildman–Crippen MR) is 95.2 cm³/mol. The highest BCUT2D eigenvalue weighted by Gasteiger charge is 2.37. The summed E-state index contributed by atoms with van der Waals surface area (Å²) in [5, 5.41) is 9.80. The van der Waals surface area contributed by atoms with E-state index in [-0.39, 0.29) is 11.2 Å². The first-order chi connectivity index (χ1) is 11.7. The summed E-state index contributed by atoms with van der Waals surface area (Å²) in [5.74, 6) is 2.07. The third-order valence-corrected chi connectivity index (χ3v) is 6.60. The lowest BCUT2D eigenvalue weighted by Gasteiger charge is -2.36. The molecule has 1 saturated heterocycles. The Kier molecular flexibility index (Phi) is 4.58. The molecular formula is C18H28N4OS. The Morgan fingerprint density at radius 1 is 1.21 bits per heavy atom. The number of carbonyl (C=O) groups is 1. The Morgan fingerprint density at radius 2 is 2.00 bits per heavy atom. The Bertz CT molecular complexity index is 608. The second-order valence-corrected chi connectivity index (χ2v) is 8.87. The molecular weight excluding hydrogens is 320 g/mol. The SMILES string of the molecule is CCC1CCCCN1C(=O)C(C)Sc1nnc(C2CC2)n1C1CC1. The molecule has 5 nitrogen and oxygen atoms in total. The number of rotatable bonds is 6. The number of thioether (sulfide) groups is 1. The van der Waals surface area contributed by atoms with Crippen molar-refractivity contribution in [3.8, 4) is 0 Å². The molecule has 3 fully saturated rings. The highest BCUT2D eigenvalue weighted by Crippen LogP contribution is 2.46. The zero-order valence-corrected chi connectivity index (χ0v) is 15.6. The van der Waals surface area contributed by atoms with Crippen molar-refractivity contribution in [3.63, 3.8) is 0 Å². The molecule has 3 aliphatic rings. The van der Waals surface area contributed by atoms with E-state index in [2.05, 4.69) is 26.6 Å². The fourth-order valence-electron chi connectivity index (χ4n) is 3.82. The number of piperidine rings is 1. The molecule has 2 aliphatic carbocycles. The van der Waals surface area contributed by atoms with Crippen molar-refractivity contribution in [2.24, 2.45) is 0 Å². The van der Waals surface area contributed by atoms with Crippen LogP contribution < -0.4 is 0 Å². The van der Waals surface area contributed by atoms with Crippen LogP contribution in [0.15, 0.2) is 5.16 Å². The predicted octanol–water partition coefficient (Wildman–Crippen LogP) is 3.76. The number of aromatic nitrogens is 3. The maximum absolute atomic E-state index is 13.0. The van der Waals surface area contributed by atoms with E-state index in [1.807, 2.05) is 6.92 Å². The van der Waals surface area contributed by atoms with Gasteiger partial charge in [0.25, 0.3) is 0 Å². The van der Waals surface area contributed by atoms with Crippen molar-refractivity contribution < 1.29 is 4.79 Å². The standard InChI is InChI=1S/C18H28N4OS/c1-3-14-6-4-5-11-21(14)17(23)12(2)24-18-20-19-16(13-7-8-13)22(18)15-9-10-15/h12-15H,3-11H2,1-2H3. The van der Waals surface area contributed by atoms with Crippen LogP contribution in [0.1, 0.15) is 83.0 Å². The summed E-state index contributed by atoms with van der Waals surface area (Å²) in [6.45, 7) is 5.15. The van der Waals surface area contributed by atoms with E-state index in [0.717, 1.165) is 31.0 Å². The van der Waals surface area contributed by atoms with Gasteiger partial charge in [0.15, 0.2) is 5.16 Å². The fraction of sp³-hybridized carbons (Fsp3) is 0.833. The molecule has 0 aromatic carbocycles. The van der Waals surface area contributed by atoms with Gasteiger partial charge in [-0.15, -0.1) is 10.2 Å². The van der Waals surface area contributed by atoms with Gasteiger partial charge in [0.2, 0.25) is 5.91 Å². The van der Waals surface area contributed by atoms with Crippen molar-refractivity contribution >= 4 is 17.7 Å². The summed E-state index contributed by atoms with van der Waals surface area (Å²) in [5.41, 5.74) is 0. The average Bonchev–Trinajstić information content (AvgIpc) is 3.53. The molecule has 0 bridgehead atoms. The van der Waals surface area contributed by atoms with Gasteiger partial charge in [-0.25, -0.2) is 0 Å². The van der Waals surface area contributed by atoms with E-state index in [1.54, 1.807) is 11.8 Å². The molecule has 2 saturated carbocycles. The smallest absolute Gasteiger partial charge is 0.236 e. The maximum Gasteiger partial charge on any atom is 0.236 e. The number of hydrogen-bond donors (Lipinski definition) is 0. The van der Waals surface area contributed by atoms with Crippen LogP contribution in [-0.2, 0) is 4.79 Å². The number of amides is 1. The summed E-state index contributed by atoms with van der Waals surface area (Å²) >= 11 is 1.62. The third kappa shape index (κ3) is 3.22. The van der Waals surface area contributed by atoms with Gasteiger partial charge >= 0.3 is 0 Å². The largest absolute Gasteiger partial charge is 0.339 e. The molecule has 0 N–H and O–H groups in total. The molecule has 0 radical (unpaired) electrons. The van der Waals surface area contributed by atoms with E-state index in [1.165, 1.54) is 37.9 Å². The van der Waals surface area contributed by atoms with Gasteiger partial charge in [0.05, 0.1) is 5.25 Å². The summed E-state index contributed by atoms with van der Waals surface area (Å²) in [6.07, 6.45) is 9.58. The molecule has 1 amide bonds. The second kappa shape index (κ2) is 6.70. The van der Waals surface area contributed by atoms with Crippen molar-refractivity contribution in [1.82, 2.24) is 19.7 Å². The van der Waals surface area contributed by atoms with Crippen LogP contribution >= 0.6 is 11.8 Å². The molecule has 2 atom stereocenters. The number of nitrogens with zero attached hydrogens (tertiary/aromatic N) is 4. The van der Waals surface area contributed by atoms with E-state index in [4.69, 9.17) is 0 Å². The van der Waals surface area contributed by atoms with Crippen LogP contribution in [0.3, 0.4) is 0 Å². The molecule has 0 spiro atoms. The van der Waals surface area contributed by atoms with E-state index in [0.29, 0.717) is 18.0 Å². The van der Waals surface area contributed by atoms with E-state index >= 15 is 0 Å². The summed E-state index contributed by atoms with van der Waals surface area (Å²) < 4.78 is 2.35. The minimum Gasteiger partial charge on any atom is -0.339 e. The first-order valence-corrected chi connectivity index (χ1v) is 10.5.